The van der Waals surface area contributed by atoms with E-state index in [1.54, 1.807) is 0 Å². The highest BCUT2D eigenvalue weighted by Gasteiger charge is 1.99. The molecule has 0 atom stereocenters. The minimum atomic E-state index is 0.712. The first kappa shape index (κ1) is 8.16. The Morgan fingerprint density at radius 3 is 2.73 bits per heavy atom. The summed E-state index contributed by atoms with van der Waals surface area (Å²) in [5.74, 6) is 6.86. The third-order valence-corrected chi connectivity index (χ3v) is 1.43. The molecular weight excluding hydrogens is 142 g/mol. The quantitative estimate of drug-likeness (QED) is 0.450. The minimum Gasteiger partial charge on any atom is -0.271 e. The lowest BCUT2D eigenvalue weighted by Gasteiger charge is -2.00. The van der Waals surface area contributed by atoms with Crippen LogP contribution < -0.4 is 11.3 Å². The van der Waals surface area contributed by atoms with Crippen molar-refractivity contribution in [3.05, 3.63) is 11.6 Å². The van der Waals surface area contributed by atoms with Crippen molar-refractivity contribution in [3.63, 3.8) is 0 Å². The molecular formula is C6H13N5. The van der Waals surface area contributed by atoms with Crippen molar-refractivity contribution >= 4 is 0 Å². The van der Waals surface area contributed by atoms with Gasteiger partial charge in [-0.25, -0.2) is 9.67 Å². The molecule has 5 heteroatoms. The van der Waals surface area contributed by atoms with Crippen LogP contribution in [0.4, 0.5) is 0 Å². The third kappa shape index (κ3) is 1.99. The van der Waals surface area contributed by atoms with E-state index < -0.39 is 0 Å². The van der Waals surface area contributed by atoms with Gasteiger partial charge in [-0.1, -0.05) is 0 Å². The minimum absolute atomic E-state index is 0.712. The number of nitrogens with two attached hydrogens (primary N) is 1. The van der Waals surface area contributed by atoms with Crippen LogP contribution in [-0.4, -0.2) is 21.3 Å². The van der Waals surface area contributed by atoms with Gasteiger partial charge in [-0.3, -0.25) is 11.3 Å². The lowest BCUT2D eigenvalue weighted by molar-refractivity contribution is 0.551. The normalized spacial score (nSPS) is 10.5. The van der Waals surface area contributed by atoms with Crippen LogP contribution >= 0.6 is 0 Å². The Kier molecular flexibility index (Phi) is 2.56. The summed E-state index contributed by atoms with van der Waals surface area (Å²) in [6.07, 6.45) is 0. The molecule has 5 nitrogen and oxygen atoms in total. The lowest BCUT2D eigenvalue weighted by atomic mass is 10.6. The summed E-state index contributed by atoms with van der Waals surface area (Å²) in [7, 11) is 0. The predicted molar refractivity (Wildman–Crippen MR) is 41.7 cm³/mol. The van der Waals surface area contributed by atoms with Crippen molar-refractivity contribution in [2.24, 2.45) is 5.84 Å². The standard InChI is InChI=1S/C6H13N5/c1-5-9-6(2)11(10-5)4-3-8-7/h8H,3-4,7H2,1-2H3. The van der Waals surface area contributed by atoms with Crippen molar-refractivity contribution < 1.29 is 0 Å². The highest BCUT2D eigenvalue weighted by molar-refractivity contribution is 4.87. The molecule has 0 aliphatic heterocycles. The average Bonchev–Trinajstić information content (AvgIpc) is 2.26. The van der Waals surface area contributed by atoms with Gasteiger partial charge in [-0.05, 0) is 13.8 Å². The van der Waals surface area contributed by atoms with Crippen LogP contribution in [0.15, 0.2) is 0 Å². The van der Waals surface area contributed by atoms with Crippen LogP contribution in [0.5, 0.6) is 0 Å². The number of nitrogens with zero attached hydrogens (tertiary/aromatic N) is 3. The third-order valence-electron chi connectivity index (χ3n) is 1.43. The maximum atomic E-state index is 5.12. The molecule has 1 heterocycles. The zero-order valence-electron chi connectivity index (χ0n) is 6.83. The molecule has 3 N–H and O–H groups in total. The van der Waals surface area contributed by atoms with Gasteiger partial charge >= 0.3 is 0 Å². The van der Waals surface area contributed by atoms with Crippen molar-refractivity contribution in [1.29, 1.82) is 0 Å². The number of hydrogen-bond donors (Lipinski definition) is 2. The smallest absolute Gasteiger partial charge is 0.147 e. The summed E-state index contributed by atoms with van der Waals surface area (Å²) in [6.45, 7) is 5.28. The highest BCUT2D eigenvalue weighted by atomic mass is 15.4. The lowest BCUT2D eigenvalue weighted by Crippen LogP contribution is -2.27. The maximum absolute atomic E-state index is 5.12. The van der Waals surface area contributed by atoms with E-state index in [0.29, 0.717) is 6.54 Å². The molecule has 0 saturated heterocycles. The van der Waals surface area contributed by atoms with E-state index in [1.165, 1.54) is 0 Å². The second-order valence-electron chi connectivity index (χ2n) is 2.38. The molecule has 62 valence electrons. The SMILES string of the molecule is Cc1nc(C)n(CCNN)n1. The summed E-state index contributed by atoms with van der Waals surface area (Å²) in [5.41, 5.74) is 2.56. The van der Waals surface area contributed by atoms with Gasteiger partial charge in [-0.2, -0.15) is 5.10 Å². The van der Waals surface area contributed by atoms with Gasteiger partial charge in [0.15, 0.2) is 0 Å². The van der Waals surface area contributed by atoms with Gasteiger partial charge in [0, 0.05) is 6.54 Å². The van der Waals surface area contributed by atoms with E-state index in [1.807, 2.05) is 18.5 Å². The molecule has 0 radical (unpaired) electrons. The summed E-state index contributed by atoms with van der Waals surface area (Å²) >= 11 is 0. The average molecular weight is 155 g/mol. The fraction of sp³-hybridized carbons (Fsp3) is 0.667. The van der Waals surface area contributed by atoms with Crippen LogP contribution in [0.3, 0.4) is 0 Å². The molecule has 1 rings (SSSR count). The first-order valence-corrected chi connectivity index (χ1v) is 3.55. The Morgan fingerprint density at radius 2 is 2.27 bits per heavy atom. The van der Waals surface area contributed by atoms with E-state index in [2.05, 4.69) is 15.5 Å². The van der Waals surface area contributed by atoms with E-state index in [9.17, 15) is 0 Å². The fourth-order valence-electron chi connectivity index (χ4n) is 0.944. The van der Waals surface area contributed by atoms with Gasteiger partial charge in [0.25, 0.3) is 0 Å². The number of aryl methyl sites for hydroxylation is 2. The first-order chi connectivity index (χ1) is 5.24. The van der Waals surface area contributed by atoms with Gasteiger partial charge in [0.1, 0.15) is 11.6 Å². The Labute approximate surface area is 65.6 Å². The van der Waals surface area contributed by atoms with Crippen LogP contribution in [0.1, 0.15) is 11.6 Å². The number of hydrazine groups is 1. The summed E-state index contributed by atoms with van der Waals surface area (Å²) < 4.78 is 1.83. The van der Waals surface area contributed by atoms with Gasteiger partial charge in [0.2, 0.25) is 0 Å². The second kappa shape index (κ2) is 3.45. The molecule has 0 aromatic carbocycles. The zero-order valence-corrected chi connectivity index (χ0v) is 6.83. The van der Waals surface area contributed by atoms with E-state index in [0.717, 1.165) is 18.2 Å². The first-order valence-electron chi connectivity index (χ1n) is 3.55. The summed E-state index contributed by atoms with van der Waals surface area (Å²) in [6, 6.07) is 0. The monoisotopic (exact) mass is 155 g/mol. The number of nitrogens with one attached hydrogen (secondary N) is 1. The van der Waals surface area contributed by atoms with Crippen LogP contribution in [0.2, 0.25) is 0 Å². The van der Waals surface area contributed by atoms with Crippen LogP contribution in [0, 0.1) is 13.8 Å². The predicted octanol–water partition coefficient (Wildman–Crippen LogP) is -0.642. The van der Waals surface area contributed by atoms with Gasteiger partial charge < -0.3 is 0 Å². The van der Waals surface area contributed by atoms with E-state index in [4.69, 9.17) is 5.84 Å². The van der Waals surface area contributed by atoms with Crippen molar-refractivity contribution in [2.45, 2.75) is 20.4 Å². The maximum Gasteiger partial charge on any atom is 0.147 e. The van der Waals surface area contributed by atoms with Gasteiger partial charge in [0.05, 0.1) is 6.54 Å². The molecule has 11 heavy (non-hydrogen) atoms. The molecule has 0 aliphatic carbocycles. The molecule has 0 aliphatic rings. The molecule has 0 unspecified atom stereocenters. The van der Waals surface area contributed by atoms with Crippen molar-refractivity contribution in [2.75, 3.05) is 6.54 Å². The molecule has 0 saturated carbocycles. The van der Waals surface area contributed by atoms with Crippen LogP contribution in [0.25, 0.3) is 0 Å². The number of hydrogen-bond acceptors (Lipinski definition) is 4. The number of aromatic nitrogens is 3. The zero-order chi connectivity index (χ0) is 8.27. The Balaban J connectivity index is 2.62. The van der Waals surface area contributed by atoms with Crippen molar-refractivity contribution in [1.82, 2.24) is 20.2 Å². The summed E-state index contributed by atoms with van der Waals surface area (Å²) in [5, 5.41) is 4.16. The topological polar surface area (TPSA) is 68.8 Å². The number of rotatable bonds is 3. The second-order valence-corrected chi connectivity index (χ2v) is 2.38. The van der Waals surface area contributed by atoms with Crippen molar-refractivity contribution in [3.8, 4) is 0 Å². The molecule has 0 bridgehead atoms. The molecule has 1 aromatic heterocycles. The fourth-order valence-corrected chi connectivity index (χ4v) is 0.944. The highest BCUT2D eigenvalue weighted by Crippen LogP contribution is 1.93. The molecule has 0 fully saturated rings. The molecule has 0 spiro atoms. The summed E-state index contributed by atoms with van der Waals surface area (Å²) in [4.78, 5) is 4.15. The van der Waals surface area contributed by atoms with Gasteiger partial charge in [-0.15, -0.1) is 0 Å². The largest absolute Gasteiger partial charge is 0.271 e. The Bertz CT molecular complexity index is 229. The molecule has 1 aromatic rings. The Morgan fingerprint density at radius 1 is 1.55 bits per heavy atom. The van der Waals surface area contributed by atoms with E-state index in [-0.39, 0.29) is 0 Å². The van der Waals surface area contributed by atoms with E-state index >= 15 is 0 Å². The Hall–Kier alpha value is -0.940. The van der Waals surface area contributed by atoms with Crippen LogP contribution in [-0.2, 0) is 6.54 Å². The molecule has 0 amide bonds.